The Labute approximate surface area is 223 Å². The van der Waals surface area contributed by atoms with Crippen LogP contribution in [0.1, 0.15) is 22.5 Å². The second-order valence-electron chi connectivity index (χ2n) is 9.51. The lowest BCUT2D eigenvalue weighted by atomic mass is 10.0. The number of aromatic amines is 1. The minimum Gasteiger partial charge on any atom is -0.375 e. The van der Waals surface area contributed by atoms with E-state index in [0.29, 0.717) is 34.8 Å². The molecule has 1 aromatic carbocycles. The highest BCUT2D eigenvalue weighted by Gasteiger charge is 2.27. The van der Waals surface area contributed by atoms with Crippen LogP contribution in [0.5, 0.6) is 0 Å². The molecule has 1 saturated heterocycles. The molecule has 10 nitrogen and oxygen atoms in total. The number of hydrogen-bond acceptors (Lipinski definition) is 7. The van der Waals surface area contributed by atoms with Gasteiger partial charge in [0.1, 0.15) is 23.4 Å². The second kappa shape index (κ2) is 10.3. The number of carbonyl (C=O) groups excluding carboxylic acids is 1. The normalized spacial score (nSPS) is 16.5. The Balaban J connectivity index is 1.19. The van der Waals surface area contributed by atoms with Gasteiger partial charge < -0.3 is 20.1 Å². The maximum atomic E-state index is 15.2. The molecule has 1 aliphatic rings. The number of rotatable bonds is 8. The molecule has 5 aromatic rings. The van der Waals surface area contributed by atoms with E-state index in [1.807, 2.05) is 41.4 Å². The van der Waals surface area contributed by atoms with Gasteiger partial charge >= 0.3 is 0 Å². The average Bonchev–Trinajstić information content (AvgIpc) is 3.70. The number of aliphatic hydroxyl groups is 1. The number of aromatic nitrogens is 5. The lowest BCUT2D eigenvalue weighted by Gasteiger charge is -2.20. The van der Waals surface area contributed by atoms with E-state index in [-0.39, 0.29) is 24.2 Å². The molecule has 5 heterocycles. The molecule has 4 aromatic heterocycles. The molecule has 0 aliphatic carbocycles. The molecule has 6 rings (SSSR count). The number of amides is 1. The number of halogens is 1. The molecule has 198 valence electrons. The molecule has 1 aliphatic heterocycles. The van der Waals surface area contributed by atoms with Crippen molar-refractivity contribution < 1.29 is 14.3 Å². The van der Waals surface area contributed by atoms with Crippen molar-refractivity contribution in [2.75, 3.05) is 18.4 Å². The van der Waals surface area contributed by atoms with Crippen LogP contribution in [0, 0.1) is 5.82 Å². The topological polar surface area (TPSA) is 123 Å². The van der Waals surface area contributed by atoms with Crippen molar-refractivity contribution in [3.8, 4) is 11.1 Å². The summed E-state index contributed by atoms with van der Waals surface area (Å²) in [7, 11) is 0. The largest absolute Gasteiger partial charge is 0.375 e. The number of carbonyl (C=O) groups is 1. The quantitative estimate of drug-likeness (QED) is 0.229. The molecule has 1 amide bonds. The van der Waals surface area contributed by atoms with Crippen LogP contribution >= 0.6 is 0 Å². The van der Waals surface area contributed by atoms with Crippen LogP contribution in [0.4, 0.5) is 10.2 Å². The molecule has 0 bridgehead atoms. The SMILES string of the molecule is C=CC(O)N1CC[C@@H](Nc2n[nH]c3nccc(-c4ccc(CNC(=O)c5cn6ccccc6n5)c(F)c4)c23)C1. The molecular formula is C28H27FN8O2. The fraction of sp³-hybridized carbons (Fsp3) is 0.214. The summed E-state index contributed by atoms with van der Waals surface area (Å²) in [5, 5.41) is 24.4. The minimum atomic E-state index is -0.685. The van der Waals surface area contributed by atoms with E-state index in [2.05, 4.69) is 37.4 Å². The summed E-state index contributed by atoms with van der Waals surface area (Å²) in [6.45, 7) is 5.06. The van der Waals surface area contributed by atoms with Crippen molar-refractivity contribution in [1.82, 2.24) is 34.8 Å². The lowest BCUT2D eigenvalue weighted by Crippen LogP contribution is -2.33. The van der Waals surface area contributed by atoms with E-state index < -0.39 is 12.0 Å². The van der Waals surface area contributed by atoms with Crippen molar-refractivity contribution >= 4 is 28.4 Å². The molecule has 0 spiro atoms. The molecular weight excluding hydrogens is 499 g/mol. The van der Waals surface area contributed by atoms with E-state index in [4.69, 9.17) is 0 Å². The van der Waals surface area contributed by atoms with Crippen LogP contribution < -0.4 is 10.6 Å². The van der Waals surface area contributed by atoms with Crippen LogP contribution in [0.25, 0.3) is 27.8 Å². The highest BCUT2D eigenvalue weighted by Crippen LogP contribution is 2.33. The molecule has 0 radical (unpaired) electrons. The number of nitrogens with zero attached hydrogens (tertiary/aromatic N) is 5. The van der Waals surface area contributed by atoms with Gasteiger partial charge in [-0.25, -0.2) is 14.4 Å². The Kier molecular flexibility index (Phi) is 6.51. The second-order valence-corrected chi connectivity index (χ2v) is 9.51. The highest BCUT2D eigenvalue weighted by molar-refractivity contribution is 6.00. The van der Waals surface area contributed by atoms with E-state index in [1.165, 1.54) is 12.1 Å². The lowest BCUT2D eigenvalue weighted by molar-refractivity contribution is 0.0610. The Morgan fingerprint density at radius 1 is 1.31 bits per heavy atom. The van der Waals surface area contributed by atoms with E-state index in [0.717, 1.165) is 23.9 Å². The van der Waals surface area contributed by atoms with Gasteiger partial charge in [0.15, 0.2) is 11.5 Å². The first-order valence-corrected chi connectivity index (χ1v) is 12.6. The van der Waals surface area contributed by atoms with E-state index >= 15 is 4.39 Å². The zero-order valence-corrected chi connectivity index (χ0v) is 21.0. The number of H-pyrrole nitrogens is 1. The maximum Gasteiger partial charge on any atom is 0.271 e. The summed E-state index contributed by atoms with van der Waals surface area (Å²) >= 11 is 0. The summed E-state index contributed by atoms with van der Waals surface area (Å²) in [4.78, 5) is 23.2. The molecule has 1 fully saturated rings. The van der Waals surface area contributed by atoms with Crippen molar-refractivity contribution in [2.45, 2.75) is 25.2 Å². The number of anilines is 1. The van der Waals surface area contributed by atoms with Gasteiger partial charge in [0.2, 0.25) is 0 Å². The van der Waals surface area contributed by atoms with Gasteiger partial charge in [0.25, 0.3) is 5.91 Å². The van der Waals surface area contributed by atoms with Crippen LogP contribution in [-0.4, -0.2) is 65.8 Å². The third-order valence-corrected chi connectivity index (χ3v) is 7.01. The zero-order chi connectivity index (χ0) is 26.9. The number of imidazole rings is 1. The van der Waals surface area contributed by atoms with Gasteiger partial charge in [-0.3, -0.25) is 14.8 Å². The third kappa shape index (κ3) is 4.85. The van der Waals surface area contributed by atoms with Crippen LogP contribution in [0.3, 0.4) is 0 Å². The summed E-state index contributed by atoms with van der Waals surface area (Å²) in [6, 6.07) is 12.3. The van der Waals surface area contributed by atoms with E-state index in [9.17, 15) is 9.90 Å². The number of hydrogen-bond donors (Lipinski definition) is 4. The smallest absolute Gasteiger partial charge is 0.271 e. The first-order chi connectivity index (χ1) is 19.0. The van der Waals surface area contributed by atoms with Crippen LogP contribution in [-0.2, 0) is 6.54 Å². The standard InChI is InChI=1S/C28H27FN8O2/c1-2-24(38)37-12-9-19(15-37)32-27-25-20(8-10-30-26(25)34-35-27)17-6-7-18(21(29)13-17)14-31-28(39)22-16-36-11-4-3-5-23(36)33-22/h2-8,10-11,13,16,19,24,38H,1,9,12,14-15H2,(H,31,39)(H2,30,32,34,35)/t19-,24?/m1/s1. The van der Waals surface area contributed by atoms with E-state index in [1.54, 1.807) is 22.9 Å². The average molecular weight is 527 g/mol. The Morgan fingerprint density at radius 3 is 3.03 bits per heavy atom. The summed E-state index contributed by atoms with van der Waals surface area (Å²) < 4.78 is 17.0. The molecule has 4 N–H and O–H groups in total. The highest BCUT2D eigenvalue weighted by atomic mass is 19.1. The molecule has 1 unspecified atom stereocenters. The van der Waals surface area contributed by atoms with Crippen molar-refractivity contribution in [3.63, 3.8) is 0 Å². The summed E-state index contributed by atoms with van der Waals surface area (Å²) in [5.74, 6) is -0.189. The van der Waals surface area contributed by atoms with Gasteiger partial charge in [0, 0.05) is 49.8 Å². The number of benzene rings is 1. The molecule has 0 saturated carbocycles. The number of nitrogens with one attached hydrogen (secondary N) is 3. The van der Waals surface area contributed by atoms with Crippen LogP contribution in [0.2, 0.25) is 0 Å². The number of likely N-dealkylation sites (tertiary alicyclic amines) is 1. The monoisotopic (exact) mass is 526 g/mol. The van der Waals surface area contributed by atoms with Crippen LogP contribution in [0.15, 0.2) is 73.7 Å². The number of aliphatic hydroxyl groups excluding tert-OH is 1. The van der Waals surface area contributed by atoms with Gasteiger partial charge in [-0.1, -0.05) is 24.8 Å². The molecule has 2 atom stereocenters. The van der Waals surface area contributed by atoms with Crippen molar-refractivity contribution in [2.24, 2.45) is 0 Å². The fourth-order valence-corrected chi connectivity index (χ4v) is 4.95. The van der Waals surface area contributed by atoms with Gasteiger partial charge in [-0.2, -0.15) is 5.10 Å². The van der Waals surface area contributed by atoms with Crippen molar-refractivity contribution in [3.05, 3.63) is 90.8 Å². The third-order valence-electron chi connectivity index (χ3n) is 7.01. The van der Waals surface area contributed by atoms with Gasteiger partial charge in [-0.05, 0) is 47.9 Å². The maximum absolute atomic E-state index is 15.2. The molecule has 39 heavy (non-hydrogen) atoms. The summed E-state index contributed by atoms with van der Waals surface area (Å²) in [6.07, 6.45) is 6.76. The fourth-order valence-electron chi connectivity index (χ4n) is 4.95. The number of pyridine rings is 2. The van der Waals surface area contributed by atoms with Crippen molar-refractivity contribution in [1.29, 1.82) is 0 Å². The summed E-state index contributed by atoms with van der Waals surface area (Å²) in [5.41, 5.74) is 3.31. The van der Waals surface area contributed by atoms with Gasteiger partial charge in [-0.15, -0.1) is 0 Å². The predicted octanol–water partition coefficient (Wildman–Crippen LogP) is 3.33. The Hall–Kier alpha value is -4.61. The first kappa shape index (κ1) is 24.7. The number of fused-ring (bicyclic) bond motifs is 2. The predicted molar refractivity (Wildman–Crippen MR) is 145 cm³/mol. The Bertz CT molecular complexity index is 1650. The van der Waals surface area contributed by atoms with Gasteiger partial charge in [0.05, 0.1) is 5.39 Å². The first-order valence-electron chi connectivity index (χ1n) is 12.6. The molecule has 11 heteroatoms. The zero-order valence-electron chi connectivity index (χ0n) is 21.0. The minimum absolute atomic E-state index is 0.0256. The Morgan fingerprint density at radius 2 is 2.21 bits per heavy atom.